The quantitative estimate of drug-likeness (QED) is 0.618. The molecule has 0 N–H and O–H groups in total. The summed E-state index contributed by atoms with van der Waals surface area (Å²) in [4.78, 5) is 0. The predicted octanol–water partition coefficient (Wildman–Crippen LogP) is 5.54. The maximum absolute atomic E-state index is 9.48. The van der Waals surface area contributed by atoms with Crippen LogP contribution in [0.2, 0.25) is 0 Å². The summed E-state index contributed by atoms with van der Waals surface area (Å²) in [5.41, 5.74) is 5.90. The van der Waals surface area contributed by atoms with E-state index in [1.54, 1.807) is 6.08 Å². The number of hydrogen-bond donors (Lipinski definition) is 0. The highest BCUT2D eigenvalue weighted by Crippen LogP contribution is 2.36. The summed E-state index contributed by atoms with van der Waals surface area (Å²) in [5.74, 6) is 0. The molecule has 22 heavy (non-hydrogen) atoms. The van der Waals surface area contributed by atoms with Gasteiger partial charge in [-0.25, -0.2) is 0 Å². The molecule has 0 atom stereocenters. The fourth-order valence-electron chi connectivity index (χ4n) is 2.70. The number of benzene rings is 3. The Bertz CT molecular complexity index is 855. The number of nitrogens with zero attached hydrogens (tertiary/aromatic N) is 1. The zero-order valence-electron chi connectivity index (χ0n) is 12.2. The lowest BCUT2D eigenvalue weighted by Crippen LogP contribution is -1.91. The van der Waals surface area contributed by atoms with Gasteiger partial charge in [-0.2, -0.15) is 5.26 Å². The Labute approximate surface area is 130 Å². The largest absolute Gasteiger partial charge is 0.192 e. The third-order valence-electron chi connectivity index (χ3n) is 3.72. The van der Waals surface area contributed by atoms with Crippen molar-refractivity contribution in [1.82, 2.24) is 0 Å². The lowest BCUT2D eigenvalue weighted by atomic mass is 9.89. The van der Waals surface area contributed by atoms with Crippen LogP contribution < -0.4 is 0 Å². The molecular weight excluding hydrogens is 266 g/mol. The molecule has 0 heterocycles. The summed E-state index contributed by atoms with van der Waals surface area (Å²) in [5, 5.41) is 9.48. The molecule has 0 aliphatic heterocycles. The molecule has 0 amide bonds. The molecule has 0 unspecified atom stereocenters. The first-order valence-corrected chi connectivity index (χ1v) is 7.15. The summed E-state index contributed by atoms with van der Waals surface area (Å²) in [7, 11) is 0. The van der Waals surface area contributed by atoms with E-state index in [0.717, 1.165) is 27.8 Å². The Morgan fingerprint density at radius 3 is 2.14 bits per heavy atom. The van der Waals surface area contributed by atoms with Crippen LogP contribution in [0.25, 0.3) is 28.3 Å². The fourth-order valence-corrected chi connectivity index (χ4v) is 2.70. The molecule has 0 saturated heterocycles. The second-order valence-corrected chi connectivity index (χ2v) is 5.00. The van der Waals surface area contributed by atoms with Crippen LogP contribution in [0.1, 0.15) is 11.1 Å². The molecule has 0 saturated carbocycles. The fraction of sp³-hybridized carbons (Fsp3) is 0. The molecule has 0 aromatic heterocycles. The molecule has 0 aliphatic carbocycles. The first-order valence-electron chi connectivity index (χ1n) is 7.15. The molecule has 1 nitrogen and oxygen atoms in total. The van der Waals surface area contributed by atoms with Crippen LogP contribution in [0.4, 0.5) is 0 Å². The van der Waals surface area contributed by atoms with Gasteiger partial charge >= 0.3 is 0 Å². The summed E-state index contributed by atoms with van der Waals surface area (Å²) < 4.78 is 0. The maximum Gasteiger partial charge on any atom is 0.0998 e. The second kappa shape index (κ2) is 6.11. The monoisotopic (exact) mass is 281 g/mol. The van der Waals surface area contributed by atoms with E-state index in [-0.39, 0.29) is 0 Å². The van der Waals surface area contributed by atoms with Gasteiger partial charge in [0.1, 0.15) is 0 Å². The summed E-state index contributed by atoms with van der Waals surface area (Å²) in [6.45, 7) is 3.89. The minimum absolute atomic E-state index is 0.667. The van der Waals surface area contributed by atoms with Crippen molar-refractivity contribution in [2.75, 3.05) is 0 Å². The zero-order chi connectivity index (χ0) is 15.4. The smallest absolute Gasteiger partial charge is 0.0998 e. The van der Waals surface area contributed by atoms with E-state index >= 15 is 0 Å². The van der Waals surface area contributed by atoms with Crippen LogP contribution in [-0.4, -0.2) is 0 Å². The van der Waals surface area contributed by atoms with Crippen LogP contribution in [-0.2, 0) is 0 Å². The summed E-state index contributed by atoms with van der Waals surface area (Å²) >= 11 is 0. The summed E-state index contributed by atoms with van der Waals surface area (Å²) in [6.07, 6.45) is 1.80. The molecule has 0 bridgehead atoms. The topological polar surface area (TPSA) is 23.8 Å². The SMILES string of the molecule is C=Cc1cccc(C#N)c1-c1ccccc1-c1ccccc1. The first-order chi connectivity index (χ1) is 10.8. The van der Waals surface area contributed by atoms with Crippen molar-refractivity contribution in [3.05, 3.63) is 90.5 Å². The summed E-state index contributed by atoms with van der Waals surface area (Å²) in [6, 6.07) is 26.4. The van der Waals surface area contributed by atoms with Gasteiger partial charge < -0.3 is 0 Å². The van der Waals surface area contributed by atoms with Crippen molar-refractivity contribution in [1.29, 1.82) is 5.26 Å². The molecule has 3 aromatic rings. The Kier molecular flexibility index (Phi) is 3.85. The second-order valence-electron chi connectivity index (χ2n) is 5.00. The van der Waals surface area contributed by atoms with Gasteiger partial charge in [0, 0.05) is 5.56 Å². The van der Waals surface area contributed by atoms with E-state index in [2.05, 4.69) is 36.9 Å². The molecule has 3 aromatic carbocycles. The lowest BCUT2D eigenvalue weighted by Gasteiger charge is -2.14. The van der Waals surface area contributed by atoms with E-state index in [1.165, 1.54) is 0 Å². The standard InChI is InChI=1S/C21H15N/c1-2-16-11-8-12-18(15-22)21(16)20-14-7-6-13-19(20)17-9-4-3-5-10-17/h2-14H,1H2. The van der Waals surface area contributed by atoms with Gasteiger partial charge in [-0.1, -0.05) is 79.4 Å². The normalized spacial score (nSPS) is 9.95. The van der Waals surface area contributed by atoms with Crippen molar-refractivity contribution in [2.45, 2.75) is 0 Å². The molecule has 104 valence electrons. The maximum atomic E-state index is 9.48. The number of hydrogen-bond acceptors (Lipinski definition) is 1. The molecule has 0 spiro atoms. The molecular formula is C21H15N. The van der Waals surface area contributed by atoms with E-state index < -0.39 is 0 Å². The molecule has 0 aliphatic rings. The Hall–Kier alpha value is -3.11. The van der Waals surface area contributed by atoms with E-state index in [9.17, 15) is 5.26 Å². The van der Waals surface area contributed by atoms with Crippen LogP contribution in [0.3, 0.4) is 0 Å². The van der Waals surface area contributed by atoms with Crippen LogP contribution in [0, 0.1) is 11.3 Å². The van der Waals surface area contributed by atoms with Gasteiger partial charge in [0.05, 0.1) is 11.6 Å². The highest BCUT2D eigenvalue weighted by Gasteiger charge is 2.13. The van der Waals surface area contributed by atoms with Crippen LogP contribution in [0.5, 0.6) is 0 Å². The average molecular weight is 281 g/mol. The predicted molar refractivity (Wildman–Crippen MR) is 92.1 cm³/mol. The third-order valence-corrected chi connectivity index (χ3v) is 3.72. The Morgan fingerprint density at radius 2 is 1.45 bits per heavy atom. The van der Waals surface area contributed by atoms with Gasteiger partial charge in [-0.15, -0.1) is 0 Å². The van der Waals surface area contributed by atoms with Gasteiger partial charge in [-0.3, -0.25) is 0 Å². The van der Waals surface area contributed by atoms with Crippen molar-refractivity contribution < 1.29 is 0 Å². The van der Waals surface area contributed by atoms with Gasteiger partial charge in [-0.05, 0) is 28.3 Å². The van der Waals surface area contributed by atoms with Crippen LogP contribution >= 0.6 is 0 Å². The first kappa shape index (κ1) is 13.9. The molecule has 0 radical (unpaired) electrons. The molecule has 1 heteroatoms. The molecule has 3 rings (SSSR count). The van der Waals surface area contributed by atoms with Gasteiger partial charge in [0.2, 0.25) is 0 Å². The van der Waals surface area contributed by atoms with Crippen molar-refractivity contribution >= 4 is 6.08 Å². The minimum atomic E-state index is 0.667. The van der Waals surface area contributed by atoms with E-state index in [1.807, 2.05) is 48.5 Å². The zero-order valence-corrected chi connectivity index (χ0v) is 12.2. The van der Waals surface area contributed by atoms with Gasteiger partial charge in [0.15, 0.2) is 0 Å². The molecule has 0 fully saturated rings. The lowest BCUT2D eigenvalue weighted by molar-refractivity contribution is 1.47. The average Bonchev–Trinajstić information content (AvgIpc) is 2.61. The van der Waals surface area contributed by atoms with E-state index in [0.29, 0.717) is 5.56 Å². The van der Waals surface area contributed by atoms with Gasteiger partial charge in [0.25, 0.3) is 0 Å². The minimum Gasteiger partial charge on any atom is -0.192 e. The van der Waals surface area contributed by atoms with Crippen molar-refractivity contribution in [3.8, 4) is 28.3 Å². The third kappa shape index (κ3) is 2.43. The highest BCUT2D eigenvalue weighted by molar-refractivity contribution is 5.90. The number of rotatable bonds is 3. The Balaban J connectivity index is 2.32. The van der Waals surface area contributed by atoms with Crippen molar-refractivity contribution in [3.63, 3.8) is 0 Å². The van der Waals surface area contributed by atoms with E-state index in [4.69, 9.17) is 0 Å². The van der Waals surface area contributed by atoms with Crippen LogP contribution in [0.15, 0.2) is 79.4 Å². The highest BCUT2D eigenvalue weighted by atomic mass is 14.3. The number of nitriles is 1. The van der Waals surface area contributed by atoms with Crippen molar-refractivity contribution in [2.24, 2.45) is 0 Å². The Morgan fingerprint density at radius 1 is 0.773 bits per heavy atom.